The second kappa shape index (κ2) is 6.55. The molecule has 1 unspecified atom stereocenters. The van der Waals surface area contributed by atoms with Crippen LogP contribution in [0.3, 0.4) is 0 Å². The molecule has 1 aliphatic heterocycles. The van der Waals surface area contributed by atoms with Crippen molar-refractivity contribution in [2.45, 2.75) is 64.1 Å². The minimum atomic E-state index is -4.49. The molecule has 1 heterocycles. The van der Waals surface area contributed by atoms with Gasteiger partial charge in [-0.1, -0.05) is 19.8 Å². The Labute approximate surface area is 124 Å². The second-order valence-corrected chi connectivity index (χ2v) is 6.49. The van der Waals surface area contributed by atoms with Crippen LogP contribution in [0.1, 0.15) is 51.9 Å². The van der Waals surface area contributed by atoms with E-state index in [1.165, 1.54) is 6.42 Å². The van der Waals surface area contributed by atoms with Crippen molar-refractivity contribution in [1.82, 2.24) is 10.6 Å². The maximum atomic E-state index is 13.3. The van der Waals surface area contributed by atoms with E-state index in [9.17, 15) is 18.0 Å². The molecular formula is C15H25F3N2O. The number of halogens is 3. The minimum Gasteiger partial charge on any atom is -0.353 e. The normalized spacial score (nSPS) is 33.9. The first kappa shape index (κ1) is 16.6. The highest BCUT2D eigenvalue weighted by molar-refractivity contribution is 5.84. The molecule has 0 spiro atoms. The molecule has 0 aromatic carbocycles. The SMILES string of the molecule is CCCC1CCC(NC(=O)C2(C(F)(F)F)CCNC2)CC1. The second-order valence-electron chi connectivity index (χ2n) is 6.49. The van der Waals surface area contributed by atoms with Crippen LogP contribution in [0.4, 0.5) is 13.2 Å². The summed E-state index contributed by atoms with van der Waals surface area (Å²) in [4.78, 5) is 12.2. The number of alkyl halides is 3. The third-order valence-electron chi connectivity index (χ3n) is 5.01. The number of carbonyl (C=O) groups is 1. The lowest BCUT2D eigenvalue weighted by molar-refractivity contribution is -0.216. The van der Waals surface area contributed by atoms with Crippen molar-refractivity contribution in [3.05, 3.63) is 0 Å². The van der Waals surface area contributed by atoms with E-state index >= 15 is 0 Å². The quantitative estimate of drug-likeness (QED) is 0.838. The molecule has 0 bridgehead atoms. The fraction of sp³-hybridized carbons (Fsp3) is 0.933. The maximum absolute atomic E-state index is 13.3. The Hall–Kier alpha value is -0.780. The van der Waals surface area contributed by atoms with Crippen molar-refractivity contribution in [2.24, 2.45) is 11.3 Å². The Bertz CT molecular complexity index is 356. The molecule has 122 valence electrons. The van der Waals surface area contributed by atoms with Crippen LogP contribution < -0.4 is 10.6 Å². The molecule has 1 atom stereocenters. The molecule has 1 amide bonds. The van der Waals surface area contributed by atoms with Crippen LogP contribution in [0, 0.1) is 11.3 Å². The Balaban J connectivity index is 1.92. The zero-order valence-electron chi connectivity index (χ0n) is 12.6. The molecule has 1 aliphatic carbocycles. The van der Waals surface area contributed by atoms with Crippen molar-refractivity contribution < 1.29 is 18.0 Å². The third kappa shape index (κ3) is 3.52. The summed E-state index contributed by atoms with van der Waals surface area (Å²) in [5, 5.41) is 5.35. The Kier molecular flexibility index (Phi) is 5.17. The van der Waals surface area contributed by atoms with E-state index in [1.54, 1.807) is 0 Å². The number of amides is 1. The van der Waals surface area contributed by atoms with Gasteiger partial charge >= 0.3 is 6.18 Å². The lowest BCUT2D eigenvalue weighted by Gasteiger charge is -2.34. The molecule has 0 radical (unpaired) electrons. The average molecular weight is 306 g/mol. The van der Waals surface area contributed by atoms with Crippen molar-refractivity contribution >= 4 is 5.91 Å². The summed E-state index contributed by atoms with van der Waals surface area (Å²) < 4.78 is 39.8. The fourth-order valence-corrected chi connectivity index (χ4v) is 3.58. The van der Waals surface area contributed by atoms with E-state index in [2.05, 4.69) is 17.6 Å². The molecule has 3 nitrogen and oxygen atoms in total. The van der Waals surface area contributed by atoms with E-state index in [0.717, 1.165) is 32.1 Å². The molecule has 6 heteroatoms. The number of rotatable bonds is 4. The van der Waals surface area contributed by atoms with Gasteiger partial charge in [0.05, 0.1) is 0 Å². The highest BCUT2D eigenvalue weighted by atomic mass is 19.4. The lowest BCUT2D eigenvalue weighted by atomic mass is 9.81. The molecule has 2 N–H and O–H groups in total. The van der Waals surface area contributed by atoms with Crippen molar-refractivity contribution in [1.29, 1.82) is 0 Å². The molecule has 2 fully saturated rings. The van der Waals surface area contributed by atoms with Gasteiger partial charge in [0.1, 0.15) is 0 Å². The highest BCUT2D eigenvalue weighted by Gasteiger charge is 2.61. The molecule has 1 saturated heterocycles. The van der Waals surface area contributed by atoms with Gasteiger partial charge in [-0.2, -0.15) is 13.2 Å². The zero-order valence-corrected chi connectivity index (χ0v) is 12.6. The van der Waals surface area contributed by atoms with Gasteiger partial charge in [-0.3, -0.25) is 4.79 Å². The smallest absolute Gasteiger partial charge is 0.353 e. The summed E-state index contributed by atoms with van der Waals surface area (Å²) in [7, 11) is 0. The van der Waals surface area contributed by atoms with E-state index in [-0.39, 0.29) is 25.6 Å². The van der Waals surface area contributed by atoms with Gasteiger partial charge in [-0.15, -0.1) is 0 Å². The van der Waals surface area contributed by atoms with Gasteiger partial charge in [0, 0.05) is 12.6 Å². The molecule has 21 heavy (non-hydrogen) atoms. The van der Waals surface area contributed by atoms with Crippen molar-refractivity contribution in [2.75, 3.05) is 13.1 Å². The predicted molar refractivity (Wildman–Crippen MR) is 74.8 cm³/mol. The van der Waals surface area contributed by atoms with Gasteiger partial charge in [0.15, 0.2) is 5.41 Å². The van der Waals surface area contributed by atoms with E-state index in [4.69, 9.17) is 0 Å². The first-order valence-corrected chi connectivity index (χ1v) is 7.97. The van der Waals surface area contributed by atoms with Crippen molar-refractivity contribution in [3.63, 3.8) is 0 Å². The Morgan fingerprint density at radius 3 is 2.43 bits per heavy atom. The third-order valence-corrected chi connectivity index (χ3v) is 5.01. The van der Waals surface area contributed by atoms with Gasteiger partial charge in [-0.25, -0.2) is 0 Å². The van der Waals surface area contributed by atoms with Crippen LogP contribution in [0.25, 0.3) is 0 Å². The van der Waals surface area contributed by atoms with E-state index in [1.807, 2.05) is 0 Å². The topological polar surface area (TPSA) is 41.1 Å². The highest BCUT2D eigenvalue weighted by Crippen LogP contribution is 2.43. The Morgan fingerprint density at radius 1 is 1.29 bits per heavy atom. The van der Waals surface area contributed by atoms with Crippen LogP contribution in [0.2, 0.25) is 0 Å². The first-order valence-electron chi connectivity index (χ1n) is 7.97. The summed E-state index contributed by atoms with van der Waals surface area (Å²) in [5.41, 5.74) is -2.23. The van der Waals surface area contributed by atoms with Crippen LogP contribution in [0.15, 0.2) is 0 Å². The van der Waals surface area contributed by atoms with Crippen molar-refractivity contribution in [3.8, 4) is 0 Å². The summed E-state index contributed by atoms with van der Waals surface area (Å²) in [6.07, 6.45) is 1.30. The Morgan fingerprint density at radius 2 is 1.95 bits per heavy atom. The first-order chi connectivity index (χ1) is 9.89. The van der Waals surface area contributed by atoms with Crippen LogP contribution in [-0.4, -0.2) is 31.2 Å². The summed E-state index contributed by atoms with van der Waals surface area (Å²) in [6, 6.07) is -0.0922. The number of hydrogen-bond acceptors (Lipinski definition) is 2. The minimum absolute atomic E-state index is 0.0922. The number of hydrogen-bond donors (Lipinski definition) is 2. The standard InChI is InChI=1S/C15H25F3N2O/c1-2-3-11-4-6-12(7-5-11)20-13(21)14(15(16,17)18)8-9-19-10-14/h11-12,19H,2-10H2,1H3,(H,20,21). The molecule has 1 saturated carbocycles. The van der Waals surface area contributed by atoms with Crippen LogP contribution in [-0.2, 0) is 4.79 Å². The maximum Gasteiger partial charge on any atom is 0.404 e. The van der Waals surface area contributed by atoms with Gasteiger partial charge in [0.25, 0.3) is 0 Å². The fourth-order valence-electron chi connectivity index (χ4n) is 3.58. The van der Waals surface area contributed by atoms with Gasteiger partial charge < -0.3 is 10.6 Å². The summed E-state index contributed by atoms with van der Waals surface area (Å²) in [6.45, 7) is 2.09. The average Bonchev–Trinajstić information content (AvgIpc) is 2.91. The van der Waals surface area contributed by atoms with Crippen LogP contribution in [0.5, 0.6) is 0 Å². The zero-order chi connectivity index (χ0) is 15.5. The van der Waals surface area contributed by atoms with E-state index < -0.39 is 17.5 Å². The molecule has 0 aromatic heterocycles. The summed E-state index contributed by atoms with van der Waals surface area (Å²) in [5.74, 6) is -0.160. The summed E-state index contributed by atoms with van der Waals surface area (Å²) >= 11 is 0. The van der Waals surface area contributed by atoms with Crippen LogP contribution >= 0.6 is 0 Å². The monoisotopic (exact) mass is 306 g/mol. The molecular weight excluding hydrogens is 281 g/mol. The number of carbonyl (C=O) groups excluding carboxylic acids is 1. The van der Waals surface area contributed by atoms with Gasteiger partial charge in [0.2, 0.25) is 5.91 Å². The van der Waals surface area contributed by atoms with Gasteiger partial charge in [-0.05, 0) is 44.6 Å². The lowest BCUT2D eigenvalue weighted by Crippen LogP contribution is -2.54. The number of nitrogens with one attached hydrogen (secondary N) is 2. The molecule has 2 aliphatic rings. The molecule has 0 aromatic rings. The largest absolute Gasteiger partial charge is 0.404 e. The molecule has 2 rings (SSSR count). The van der Waals surface area contributed by atoms with E-state index in [0.29, 0.717) is 5.92 Å². The predicted octanol–water partition coefficient (Wildman–Crippen LogP) is 3.00.